The number of halogens is 3. The molecular weight excluding hydrogens is 399 g/mol. The summed E-state index contributed by atoms with van der Waals surface area (Å²) in [7, 11) is 0. The molecule has 7 nitrogen and oxygen atoms in total. The Bertz CT molecular complexity index is 1280. The Morgan fingerprint density at radius 3 is 2.63 bits per heavy atom. The Morgan fingerprint density at radius 2 is 1.93 bits per heavy atom. The second kappa shape index (κ2) is 7.38. The molecule has 0 aliphatic heterocycles. The summed E-state index contributed by atoms with van der Waals surface area (Å²) in [6.45, 7) is 1.15. The van der Waals surface area contributed by atoms with Crippen molar-refractivity contribution >= 4 is 10.9 Å². The van der Waals surface area contributed by atoms with Gasteiger partial charge in [0.1, 0.15) is 41.1 Å². The van der Waals surface area contributed by atoms with Crippen LogP contribution in [0.4, 0.5) is 13.2 Å². The summed E-state index contributed by atoms with van der Waals surface area (Å²) in [5.41, 5.74) is -2.93. The van der Waals surface area contributed by atoms with E-state index in [2.05, 4.69) is 15.1 Å². The highest BCUT2D eigenvalue weighted by molar-refractivity contribution is 5.77. The van der Waals surface area contributed by atoms with Gasteiger partial charge in [0.05, 0.1) is 24.4 Å². The lowest BCUT2D eigenvalue weighted by molar-refractivity contribution is -0.0343. The van der Waals surface area contributed by atoms with Crippen LogP contribution < -0.4 is 5.56 Å². The molecule has 0 amide bonds. The maximum absolute atomic E-state index is 14.7. The summed E-state index contributed by atoms with van der Waals surface area (Å²) in [6, 6.07) is 5.63. The van der Waals surface area contributed by atoms with E-state index in [1.54, 1.807) is 0 Å². The number of hydrogen-bond donors (Lipinski definition) is 1. The van der Waals surface area contributed by atoms with E-state index in [1.165, 1.54) is 36.4 Å². The van der Waals surface area contributed by atoms with Crippen molar-refractivity contribution in [1.82, 2.24) is 24.3 Å². The van der Waals surface area contributed by atoms with E-state index < -0.39 is 34.7 Å². The number of hydrogen-bond acceptors (Lipinski definition) is 5. The van der Waals surface area contributed by atoms with Crippen molar-refractivity contribution in [3.63, 3.8) is 0 Å². The van der Waals surface area contributed by atoms with Gasteiger partial charge in [0.15, 0.2) is 0 Å². The first-order valence-corrected chi connectivity index (χ1v) is 8.97. The molecule has 154 valence electrons. The first kappa shape index (κ1) is 19.8. The smallest absolute Gasteiger partial charge is 0.264 e. The second-order valence-corrected chi connectivity index (χ2v) is 6.91. The highest BCUT2D eigenvalue weighted by atomic mass is 19.1. The molecule has 0 saturated heterocycles. The van der Waals surface area contributed by atoms with Crippen LogP contribution in [0.25, 0.3) is 10.9 Å². The van der Waals surface area contributed by atoms with Gasteiger partial charge in [-0.1, -0.05) is 12.1 Å². The molecule has 0 aliphatic rings. The van der Waals surface area contributed by atoms with Crippen molar-refractivity contribution in [2.24, 2.45) is 0 Å². The highest BCUT2D eigenvalue weighted by Crippen LogP contribution is 2.36. The molecule has 0 saturated carbocycles. The summed E-state index contributed by atoms with van der Waals surface area (Å²) < 4.78 is 44.7. The fourth-order valence-electron chi connectivity index (χ4n) is 3.49. The third-order valence-corrected chi connectivity index (χ3v) is 5.14. The third kappa shape index (κ3) is 3.24. The van der Waals surface area contributed by atoms with Crippen LogP contribution in [0.5, 0.6) is 0 Å². The average molecular weight is 415 g/mol. The van der Waals surface area contributed by atoms with E-state index in [4.69, 9.17) is 0 Å². The van der Waals surface area contributed by atoms with Gasteiger partial charge in [0.2, 0.25) is 0 Å². The van der Waals surface area contributed by atoms with Gasteiger partial charge >= 0.3 is 0 Å². The SMILES string of the molecule is CC(n1cnc2cccc(F)c2c1=O)C(O)(Cn1cncn1)c1ccc(F)cc1F. The second-order valence-electron chi connectivity index (χ2n) is 6.91. The van der Waals surface area contributed by atoms with E-state index in [1.807, 2.05) is 0 Å². The Morgan fingerprint density at radius 1 is 1.13 bits per heavy atom. The molecule has 30 heavy (non-hydrogen) atoms. The number of fused-ring (bicyclic) bond motifs is 1. The average Bonchev–Trinajstić information content (AvgIpc) is 3.20. The Kier molecular flexibility index (Phi) is 4.86. The van der Waals surface area contributed by atoms with E-state index in [0.717, 1.165) is 29.1 Å². The Hall–Kier alpha value is -3.53. The van der Waals surface area contributed by atoms with Crippen LogP contribution in [0.1, 0.15) is 18.5 Å². The maximum atomic E-state index is 14.7. The minimum absolute atomic E-state index is 0.149. The van der Waals surface area contributed by atoms with Crippen LogP contribution in [-0.2, 0) is 12.1 Å². The molecule has 4 rings (SSSR count). The zero-order valence-electron chi connectivity index (χ0n) is 15.7. The van der Waals surface area contributed by atoms with E-state index in [0.29, 0.717) is 6.07 Å². The van der Waals surface area contributed by atoms with Crippen LogP contribution in [0.2, 0.25) is 0 Å². The van der Waals surface area contributed by atoms with E-state index >= 15 is 0 Å². The molecule has 1 N–H and O–H groups in total. The van der Waals surface area contributed by atoms with E-state index in [-0.39, 0.29) is 23.0 Å². The van der Waals surface area contributed by atoms with Gasteiger partial charge in [-0.25, -0.2) is 27.8 Å². The molecule has 10 heteroatoms. The largest absolute Gasteiger partial charge is 0.381 e. The predicted octanol–water partition coefficient (Wildman–Crippen LogP) is 2.55. The van der Waals surface area contributed by atoms with Crippen LogP contribution in [-0.4, -0.2) is 29.4 Å². The fourth-order valence-corrected chi connectivity index (χ4v) is 3.49. The molecule has 2 unspecified atom stereocenters. The minimum Gasteiger partial charge on any atom is -0.381 e. The maximum Gasteiger partial charge on any atom is 0.264 e. The molecule has 0 bridgehead atoms. The lowest BCUT2D eigenvalue weighted by atomic mass is 9.86. The summed E-state index contributed by atoms with van der Waals surface area (Å²) in [4.78, 5) is 20.9. The van der Waals surface area contributed by atoms with Crippen molar-refractivity contribution in [2.75, 3.05) is 0 Å². The van der Waals surface area contributed by atoms with Gasteiger partial charge in [-0.05, 0) is 25.1 Å². The zero-order chi connectivity index (χ0) is 21.5. The summed E-state index contributed by atoms with van der Waals surface area (Å²) in [6.07, 6.45) is 3.69. The normalized spacial score (nSPS) is 14.6. The van der Waals surface area contributed by atoms with Gasteiger partial charge in [-0.3, -0.25) is 9.36 Å². The first-order valence-electron chi connectivity index (χ1n) is 8.97. The molecule has 2 aromatic heterocycles. The number of aromatic nitrogens is 5. The molecule has 0 fully saturated rings. The van der Waals surface area contributed by atoms with E-state index in [9.17, 15) is 23.1 Å². The lowest BCUT2D eigenvalue weighted by Gasteiger charge is -2.35. The van der Waals surface area contributed by atoms with Gasteiger partial charge in [0, 0.05) is 11.6 Å². The number of nitrogens with zero attached hydrogens (tertiary/aromatic N) is 5. The molecule has 0 aliphatic carbocycles. The zero-order valence-corrected chi connectivity index (χ0v) is 15.7. The van der Waals surface area contributed by atoms with Gasteiger partial charge in [-0.15, -0.1) is 0 Å². The first-order chi connectivity index (χ1) is 14.3. The predicted molar refractivity (Wildman–Crippen MR) is 101 cm³/mol. The topological polar surface area (TPSA) is 85.8 Å². The molecule has 2 aromatic carbocycles. The van der Waals surface area contributed by atoms with Crippen molar-refractivity contribution in [1.29, 1.82) is 0 Å². The number of rotatable bonds is 5. The monoisotopic (exact) mass is 415 g/mol. The molecule has 2 heterocycles. The van der Waals surface area contributed by atoms with Crippen molar-refractivity contribution < 1.29 is 18.3 Å². The van der Waals surface area contributed by atoms with Crippen LogP contribution >= 0.6 is 0 Å². The molecule has 4 aromatic rings. The van der Waals surface area contributed by atoms with Crippen molar-refractivity contribution in [3.8, 4) is 0 Å². The minimum atomic E-state index is -2.07. The van der Waals surface area contributed by atoms with Gasteiger partial charge in [-0.2, -0.15) is 5.10 Å². The van der Waals surface area contributed by atoms with Gasteiger partial charge in [0.25, 0.3) is 5.56 Å². The quantitative estimate of drug-likeness (QED) is 0.542. The fraction of sp³-hybridized carbons (Fsp3) is 0.200. The van der Waals surface area contributed by atoms with Gasteiger partial charge < -0.3 is 5.11 Å². The van der Waals surface area contributed by atoms with Crippen LogP contribution in [0.3, 0.4) is 0 Å². The number of benzene rings is 2. The summed E-state index contributed by atoms with van der Waals surface area (Å²) in [5.74, 6) is -2.59. The van der Waals surface area contributed by atoms with Crippen molar-refractivity contribution in [2.45, 2.75) is 25.1 Å². The van der Waals surface area contributed by atoms with Crippen LogP contribution in [0, 0.1) is 17.5 Å². The number of aliphatic hydroxyl groups is 1. The summed E-state index contributed by atoms with van der Waals surface area (Å²) in [5, 5.41) is 15.2. The molecule has 0 spiro atoms. The molecular formula is C20H16F3N5O2. The van der Waals surface area contributed by atoms with Crippen molar-refractivity contribution in [3.05, 3.63) is 88.7 Å². The Labute approximate surface area is 168 Å². The van der Waals surface area contributed by atoms with Crippen LogP contribution in [0.15, 0.2) is 60.2 Å². The Balaban J connectivity index is 1.91. The third-order valence-electron chi connectivity index (χ3n) is 5.14. The highest BCUT2D eigenvalue weighted by Gasteiger charge is 2.41. The molecule has 0 radical (unpaired) electrons. The lowest BCUT2D eigenvalue weighted by Crippen LogP contribution is -2.43. The molecule has 2 atom stereocenters. The standard InChI is InChI=1S/C20H16F3N5O2/c1-12(28-11-25-17-4-2-3-15(22)18(17)19(28)29)20(30,8-27-10-24-9-26-27)14-6-5-13(21)7-16(14)23/h2-7,9-12,30H,8H2,1H3. The summed E-state index contributed by atoms with van der Waals surface area (Å²) >= 11 is 0.